The average molecular weight is 848 g/mol. The van der Waals surface area contributed by atoms with Gasteiger partial charge in [-0.2, -0.15) is 0 Å². The van der Waals surface area contributed by atoms with Crippen LogP contribution in [0.5, 0.6) is 11.5 Å². The van der Waals surface area contributed by atoms with Gasteiger partial charge in [-0.15, -0.1) is 11.3 Å². The summed E-state index contributed by atoms with van der Waals surface area (Å²) < 4.78 is 0. The van der Waals surface area contributed by atoms with Crippen LogP contribution in [0.3, 0.4) is 0 Å². The molecule has 5 rings (SSSR count). The molecule has 0 amide bonds. The van der Waals surface area contributed by atoms with Crippen molar-refractivity contribution in [3.8, 4) is 11.5 Å². The van der Waals surface area contributed by atoms with E-state index in [-0.39, 0.29) is 48.6 Å². The molecule has 0 saturated carbocycles. The van der Waals surface area contributed by atoms with Crippen molar-refractivity contribution in [2.24, 2.45) is 0 Å². The fourth-order valence-electron chi connectivity index (χ4n) is 5.89. The molecule has 26 heteroatoms. The number of nitrogens with two attached hydrogens (primary N) is 1. The Bertz CT molecular complexity index is 2270. The molecule has 4 aromatic carbocycles. The van der Waals surface area contributed by atoms with Crippen LogP contribution in [0.2, 0.25) is 0 Å². The standard InChI is InChI=1S/C34H29N11O14S/c35-33-37-23(20-60-33)12-7-14-38(15-13-26(21-8-3-1-4-9-21)22-10-5-2-6-11-22)34(36)45(58-31-27(41(50)51)16-24(39(46)47)17-28(31)42(52)53)59-32-29(43(54)55)18-25(40(48)49)19-30(32)44(56)57/h1-6,8-11,16-20,26,36H,7,12-15H2,(H2,35,37). The zero-order valence-electron chi connectivity index (χ0n) is 30.5. The molecule has 25 nitrogen and oxygen atoms in total. The van der Waals surface area contributed by atoms with Crippen LogP contribution in [0.15, 0.2) is 90.3 Å². The minimum atomic E-state index is -1.41. The number of hydroxylamine groups is 2. The molecule has 0 bridgehead atoms. The first-order chi connectivity index (χ1) is 28.5. The first-order valence-electron chi connectivity index (χ1n) is 17.1. The lowest BCUT2D eigenvalue weighted by Crippen LogP contribution is -2.48. The van der Waals surface area contributed by atoms with Gasteiger partial charge in [0, 0.05) is 29.6 Å². The fourth-order valence-corrected chi connectivity index (χ4v) is 6.49. The molecule has 0 spiro atoms. The van der Waals surface area contributed by atoms with Crippen LogP contribution >= 0.6 is 11.3 Å². The van der Waals surface area contributed by atoms with Crippen molar-refractivity contribution in [2.75, 3.05) is 18.8 Å². The Morgan fingerprint density at radius 2 is 1.08 bits per heavy atom. The second-order valence-electron chi connectivity index (χ2n) is 12.4. The normalized spacial score (nSPS) is 10.8. The van der Waals surface area contributed by atoms with Gasteiger partial charge in [0.05, 0.1) is 59.5 Å². The molecular weight excluding hydrogens is 819 g/mol. The molecule has 0 saturated heterocycles. The van der Waals surface area contributed by atoms with E-state index >= 15 is 0 Å². The Balaban J connectivity index is 1.68. The Hall–Kier alpha value is -8.42. The summed E-state index contributed by atoms with van der Waals surface area (Å²) in [6.45, 7) is -0.241. The number of anilines is 1. The van der Waals surface area contributed by atoms with Crippen molar-refractivity contribution in [3.05, 3.63) is 168 Å². The third kappa shape index (κ3) is 10.1. The molecule has 1 heterocycles. The highest BCUT2D eigenvalue weighted by Crippen LogP contribution is 2.44. The number of thiazole rings is 1. The summed E-state index contributed by atoms with van der Waals surface area (Å²) in [5.74, 6) is -4.14. The predicted octanol–water partition coefficient (Wildman–Crippen LogP) is 6.86. The minimum Gasteiger partial charge on any atom is -0.375 e. The summed E-state index contributed by atoms with van der Waals surface area (Å²) in [6.07, 6.45) is 0.651. The van der Waals surface area contributed by atoms with Gasteiger partial charge in [0.25, 0.3) is 17.3 Å². The van der Waals surface area contributed by atoms with Crippen LogP contribution in [0.1, 0.15) is 35.6 Å². The Labute approximate surface area is 339 Å². The van der Waals surface area contributed by atoms with Crippen molar-refractivity contribution in [3.63, 3.8) is 0 Å². The van der Waals surface area contributed by atoms with Crippen LogP contribution in [0, 0.1) is 66.1 Å². The first-order valence-corrected chi connectivity index (χ1v) is 17.9. The topological polar surface area (TPSA) is 347 Å². The molecule has 0 aliphatic heterocycles. The lowest BCUT2D eigenvalue weighted by molar-refractivity contribution is -0.409. The number of hydrogen-bond acceptors (Lipinski definition) is 18. The second-order valence-corrected chi connectivity index (χ2v) is 13.3. The average Bonchev–Trinajstić information content (AvgIpc) is 3.64. The zero-order valence-corrected chi connectivity index (χ0v) is 31.3. The molecule has 310 valence electrons. The van der Waals surface area contributed by atoms with Gasteiger partial charge in [0.1, 0.15) is 0 Å². The van der Waals surface area contributed by atoms with Gasteiger partial charge in [-0.1, -0.05) is 60.7 Å². The molecule has 0 fully saturated rings. The largest absolute Gasteiger partial charge is 0.375 e. The number of rotatable bonds is 19. The van der Waals surface area contributed by atoms with E-state index in [1.54, 1.807) is 17.5 Å². The van der Waals surface area contributed by atoms with Crippen LogP contribution in [0.4, 0.5) is 39.3 Å². The minimum absolute atomic E-state index is 0.120. The number of guanidine groups is 1. The van der Waals surface area contributed by atoms with Crippen molar-refractivity contribution < 1.29 is 39.2 Å². The Kier molecular flexibility index (Phi) is 13.3. The number of nitrogen functional groups attached to an aromatic ring is 1. The van der Waals surface area contributed by atoms with Crippen LogP contribution in [-0.2, 0) is 6.42 Å². The van der Waals surface area contributed by atoms with Gasteiger partial charge in [0.15, 0.2) is 5.13 Å². The van der Waals surface area contributed by atoms with Gasteiger partial charge in [0.2, 0.25) is 0 Å². The monoisotopic (exact) mass is 847 g/mol. The van der Waals surface area contributed by atoms with Crippen molar-refractivity contribution in [2.45, 2.75) is 25.2 Å². The number of benzene rings is 4. The molecule has 5 aromatic rings. The summed E-state index contributed by atoms with van der Waals surface area (Å²) in [6, 6.07) is 19.5. The maximum absolute atomic E-state index is 12.2. The molecule has 3 N–H and O–H groups in total. The van der Waals surface area contributed by atoms with Gasteiger partial charge in [-0.25, -0.2) is 4.98 Å². The number of aryl methyl sites for hydroxylation is 1. The second kappa shape index (κ2) is 18.7. The highest BCUT2D eigenvalue weighted by molar-refractivity contribution is 7.13. The highest BCUT2D eigenvalue weighted by atomic mass is 32.1. The number of nitrogens with one attached hydrogen (secondary N) is 1. The number of nitro groups is 6. The molecule has 0 radical (unpaired) electrons. The molecule has 0 atom stereocenters. The van der Waals surface area contributed by atoms with Crippen LogP contribution in [0.25, 0.3) is 0 Å². The molecule has 1 aromatic heterocycles. The van der Waals surface area contributed by atoms with E-state index in [0.717, 1.165) is 22.5 Å². The highest BCUT2D eigenvalue weighted by Gasteiger charge is 2.40. The van der Waals surface area contributed by atoms with E-state index in [1.165, 1.54) is 4.90 Å². The number of aromatic nitrogens is 1. The summed E-state index contributed by atoms with van der Waals surface area (Å²) in [5.41, 5.74) is 0.131. The Morgan fingerprint density at radius 1 is 0.667 bits per heavy atom. The quantitative estimate of drug-likeness (QED) is 0.0371. The van der Waals surface area contributed by atoms with Crippen molar-refractivity contribution in [1.29, 1.82) is 5.41 Å². The summed E-state index contributed by atoms with van der Waals surface area (Å²) >= 11 is 1.16. The van der Waals surface area contributed by atoms with E-state index in [0.29, 0.717) is 30.0 Å². The summed E-state index contributed by atoms with van der Waals surface area (Å²) in [4.78, 5) is 81.0. The maximum Gasteiger partial charge on any atom is 0.328 e. The molecule has 0 aliphatic carbocycles. The van der Waals surface area contributed by atoms with Crippen molar-refractivity contribution >= 4 is 56.6 Å². The van der Waals surface area contributed by atoms with Crippen molar-refractivity contribution in [1.82, 2.24) is 15.1 Å². The predicted molar refractivity (Wildman–Crippen MR) is 209 cm³/mol. The third-order valence-electron chi connectivity index (χ3n) is 8.62. The first kappa shape index (κ1) is 42.7. The maximum atomic E-state index is 12.2. The molecular formula is C34H29N11O14S. The lowest BCUT2D eigenvalue weighted by atomic mass is 9.88. The van der Waals surface area contributed by atoms with Gasteiger partial charge in [-0.3, -0.25) is 66.1 Å². The lowest BCUT2D eigenvalue weighted by Gasteiger charge is -2.32. The number of hydrogen-bond donors (Lipinski definition) is 2. The number of non-ortho nitro benzene ring substituents is 2. The number of nitro benzene ring substituents is 6. The van der Waals surface area contributed by atoms with E-state index < -0.39 is 81.1 Å². The Morgan fingerprint density at radius 3 is 1.43 bits per heavy atom. The number of nitrogens with zero attached hydrogens (tertiary/aromatic N) is 9. The van der Waals surface area contributed by atoms with Gasteiger partial charge in [-0.05, 0) is 30.4 Å². The van der Waals surface area contributed by atoms with Gasteiger partial charge < -0.3 is 20.3 Å². The summed E-state index contributed by atoms with van der Waals surface area (Å²) in [5, 5.41) is 83.3. The zero-order chi connectivity index (χ0) is 43.7. The van der Waals surface area contributed by atoms with Crippen LogP contribution in [-0.4, -0.2) is 63.7 Å². The van der Waals surface area contributed by atoms with Crippen LogP contribution < -0.4 is 15.4 Å². The molecule has 0 aliphatic rings. The summed E-state index contributed by atoms with van der Waals surface area (Å²) in [7, 11) is 0. The third-order valence-corrected chi connectivity index (χ3v) is 9.34. The van der Waals surface area contributed by atoms with E-state index in [4.69, 9.17) is 15.4 Å². The SMILES string of the molecule is N=C(N(CCCc1csc(N)n1)CCC(c1ccccc1)c1ccccc1)N(Oc1c([N+](=O)[O-])cc([N+](=O)[O-])cc1[N+](=O)[O-])Oc1c([N+](=O)[O-])cc([N+](=O)[O-])cc1[N+](=O)[O-]. The smallest absolute Gasteiger partial charge is 0.328 e. The fraction of sp³-hybridized carbons (Fsp3) is 0.176. The van der Waals surface area contributed by atoms with E-state index in [2.05, 4.69) is 4.98 Å². The van der Waals surface area contributed by atoms with E-state index in [9.17, 15) is 66.1 Å². The van der Waals surface area contributed by atoms with Gasteiger partial charge >= 0.3 is 34.2 Å². The molecule has 60 heavy (non-hydrogen) atoms. The molecule has 0 unspecified atom stereocenters. The van der Waals surface area contributed by atoms with E-state index in [1.807, 2.05) is 48.5 Å².